The van der Waals surface area contributed by atoms with Gasteiger partial charge in [0.2, 0.25) is 0 Å². The zero-order valence-corrected chi connectivity index (χ0v) is 13.8. The predicted molar refractivity (Wildman–Crippen MR) is 87.0 cm³/mol. The summed E-state index contributed by atoms with van der Waals surface area (Å²) in [6.45, 7) is 0.435. The van der Waals surface area contributed by atoms with Crippen LogP contribution in [0.1, 0.15) is 11.1 Å². The smallest absolute Gasteiger partial charge is 0.270 e. The Labute approximate surface area is 138 Å². The van der Waals surface area contributed by atoms with Crippen LogP contribution in [0.5, 0.6) is 0 Å². The lowest BCUT2D eigenvalue weighted by Gasteiger charge is -2.09. The Morgan fingerprint density at radius 3 is 2.62 bits per heavy atom. The van der Waals surface area contributed by atoms with Gasteiger partial charge in [-0.1, -0.05) is 15.9 Å². The number of hydrogen-bond acceptors (Lipinski definition) is 4. The van der Waals surface area contributed by atoms with Crippen LogP contribution in [0.4, 0.5) is 11.4 Å². The summed E-state index contributed by atoms with van der Waals surface area (Å²) in [6.07, 6.45) is 0. The molecule has 0 aromatic heterocycles. The second kappa shape index (κ2) is 6.70. The normalized spacial score (nSPS) is 9.95. The number of anilines is 1. The lowest BCUT2D eigenvalue weighted by Crippen LogP contribution is -2.01. The Balaban J connectivity index is 2.17. The van der Waals surface area contributed by atoms with Crippen molar-refractivity contribution in [3.05, 3.63) is 66.6 Å². The Kier molecular flexibility index (Phi) is 4.94. The van der Waals surface area contributed by atoms with Crippen LogP contribution in [-0.2, 0) is 6.54 Å². The molecule has 0 radical (unpaired) electrons. The third-order valence-corrected chi connectivity index (χ3v) is 3.85. The van der Waals surface area contributed by atoms with E-state index in [4.69, 9.17) is 5.26 Å². The lowest BCUT2D eigenvalue weighted by molar-refractivity contribution is -0.385. The summed E-state index contributed by atoms with van der Waals surface area (Å²) in [5.74, 6) is 0. The molecule has 0 unspecified atom stereocenters. The molecule has 7 heteroatoms. The fraction of sp³-hybridized carbons (Fsp3) is 0.0714. The van der Waals surface area contributed by atoms with Gasteiger partial charge in [-0.3, -0.25) is 10.1 Å². The zero-order chi connectivity index (χ0) is 15.4. The van der Waals surface area contributed by atoms with Crippen LogP contribution >= 0.6 is 31.9 Å². The van der Waals surface area contributed by atoms with Crippen LogP contribution in [0.2, 0.25) is 0 Å². The molecule has 0 bridgehead atoms. The van der Waals surface area contributed by atoms with Gasteiger partial charge in [-0.15, -0.1) is 0 Å². The first-order chi connectivity index (χ1) is 9.99. The van der Waals surface area contributed by atoms with E-state index in [0.717, 1.165) is 15.7 Å². The van der Waals surface area contributed by atoms with E-state index < -0.39 is 4.92 Å². The summed E-state index contributed by atoms with van der Waals surface area (Å²) in [5, 5.41) is 22.8. The number of nitriles is 1. The summed E-state index contributed by atoms with van der Waals surface area (Å²) < 4.78 is 1.43. The van der Waals surface area contributed by atoms with Crippen LogP contribution in [0.25, 0.3) is 0 Å². The minimum absolute atomic E-state index is 0.0417. The van der Waals surface area contributed by atoms with E-state index in [1.165, 1.54) is 12.1 Å². The summed E-state index contributed by atoms with van der Waals surface area (Å²) in [6, 6.07) is 12.1. The maximum absolute atomic E-state index is 10.8. The molecule has 2 aromatic rings. The number of non-ortho nitro benzene ring substituents is 1. The monoisotopic (exact) mass is 409 g/mol. The predicted octanol–water partition coefficient (Wildman–Crippen LogP) is 4.60. The highest BCUT2D eigenvalue weighted by Crippen LogP contribution is 2.26. The summed E-state index contributed by atoms with van der Waals surface area (Å²) in [4.78, 5) is 10.4. The van der Waals surface area contributed by atoms with Gasteiger partial charge in [-0.2, -0.15) is 5.26 Å². The molecule has 0 aliphatic heterocycles. The molecule has 106 valence electrons. The van der Waals surface area contributed by atoms with Crippen molar-refractivity contribution in [3.63, 3.8) is 0 Å². The number of benzene rings is 2. The molecule has 2 rings (SSSR count). The Hall–Kier alpha value is -1.91. The fourth-order valence-electron chi connectivity index (χ4n) is 1.77. The van der Waals surface area contributed by atoms with Crippen molar-refractivity contribution in [2.24, 2.45) is 0 Å². The van der Waals surface area contributed by atoms with Crippen LogP contribution in [0, 0.1) is 21.4 Å². The highest BCUT2D eigenvalue weighted by atomic mass is 79.9. The topological polar surface area (TPSA) is 79.0 Å². The second-order valence-corrected chi connectivity index (χ2v) is 6.00. The number of nitrogens with one attached hydrogen (secondary N) is 1. The molecule has 0 atom stereocenters. The number of nitro benzene ring substituents is 1. The molecule has 2 aromatic carbocycles. The number of nitrogens with zero attached hydrogens (tertiary/aromatic N) is 2. The molecule has 0 heterocycles. The minimum Gasteiger partial charge on any atom is -0.380 e. The number of hydrogen-bond donors (Lipinski definition) is 1. The largest absolute Gasteiger partial charge is 0.380 e. The Morgan fingerprint density at radius 1 is 1.24 bits per heavy atom. The van der Waals surface area contributed by atoms with Crippen LogP contribution in [0.3, 0.4) is 0 Å². The van der Waals surface area contributed by atoms with E-state index in [2.05, 4.69) is 43.2 Å². The van der Waals surface area contributed by atoms with Gasteiger partial charge in [0.05, 0.1) is 16.6 Å². The van der Waals surface area contributed by atoms with Crippen molar-refractivity contribution < 1.29 is 4.92 Å². The fourth-order valence-corrected chi connectivity index (χ4v) is 2.81. The molecule has 21 heavy (non-hydrogen) atoms. The van der Waals surface area contributed by atoms with E-state index >= 15 is 0 Å². The maximum atomic E-state index is 10.8. The lowest BCUT2D eigenvalue weighted by atomic mass is 10.2. The molecule has 0 aliphatic rings. The quantitative estimate of drug-likeness (QED) is 0.589. The standard InChI is InChI=1S/C14H9Br2N3O2/c15-11-3-10(4-12(6-11)19(20)21)8-18-14-2-1-9(7-17)5-13(14)16/h1-6,18H,8H2. The first-order valence-corrected chi connectivity index (χ1v) is 7.45. The molecule has 0 saturated carbocycles. The van der Waals surface area contributed by atoms with Crippen LogP contribution in [0.15, 0.2) is 45.3 Å². The van der Waals surface area contributed by atoms with Gasteiger partial charge in [-0.25, -0.2) is 0 Å². The number of rotatable bonds is 4. The molecule has 5 nitrogen and oxygen atoms in total. The molecular weight excluding hydrogens is 402 g/mol. The maximum Gasteiger partial charge on any atom is 0.270 e. The Morgan fingerprint density at radius 2 is 2.00 bits per heavy atom. The minimum atomic E-state index is -0.425. The molecule has 0 spiro atoms. The van der Waals surface area contributed by atoms with Gasteiger partial charge in [-0.05, 0) is 45.8 Å². The van der Waals surface area contributed by atoms with E-state index in [9.17, 15) is 10.1 Å². The summed E-state index contributed by atoms with van der Waals surface area (Å²) in [7, 11) is 0. The average molecular weight is 411 g/mol. The van der Waals surface area contributed by atoms with Gasteiger partial charge < -0.3 is 5.32 Å². The van der Waals surface area contributed by atoms with Crippen molar-refractivity contribution in [3.8, 4) is 6.07 Å². The second-order valence-electron chi connectivity index (χ2n) is 4.23. The SMILES string of the molecule is N#Cc1ccc(NCc2cc(Br)cc([N+](=O)[O-])c2)c(Br)c1. The molecule has 1 N–H and O–H groups in total. The highest BCUT2D eigenvalue weighted by Gasteiger charge is 2.09. The van der Waals surface area contributed by atoms with Crippen molar-refractivity contribution >= 4 is 43.2 Å². The molecule has 0 saturated heterocycles. The van der Waals surface area contributed by atoms with Gasteiger partial charge in [0.25, 0.3) is 5.69 Å². The number of nitro groups is 1. The van der Waals surface area contributed by atoms with Gasteiger partial charge in [0.15, 0.2) is 0 Å². The van der Waals surface area contributed by atoms with Gasteiger partial charge in [0, 0.05) is 33.3 Å². The number of halogens is 2. The van der Waals surface area contributed by atoms with E-state index in [1.807, 2.05) is 6.07 Å². The highest BCUT2D eigenvalue weighted by molar-refractivity contribution is 9.10. The van der Waals surface area contributed by atoms with E-state index in [0.29, 0.717) is 16.6 Å². The molecular formula is C14H9Br2N3O2. The zero-order valence-electron chi connectivity index (χ0n) is 10.6. The van der Waals surface area contributed by atoms with Crippen molar-refractivity contribution in [1.82, 2.24) is 0 Å². The third-order valence-electron chi connectivity index (χ3n) is 2.73. The van der Waals surface area contributed by atoms with Crippen LogP contribution < -0.4 is 5.32 Å². The van der Waals surface area contributed by atoms with Gasteiger partial charge in [0.1, 0.15) is 0 Å². The first kappa shape index (κ1) is 15.5. The van der Waals surface area contributed by atoms with E-state index in [1.54, 1.807) is 18.2 Å². The van der Waals surface area contributed by atoms with Crippen molar-refractivity contribution in [2.75, 3.05) is 5.32 Å². The summed E-state index contributed by atoms with van der Waals surface area (Å²) >= 11 is 6.65. The molecule has 0 amide bonds. The molecule has 0 fully saturated rings. The van der Waals surface area contributed by atoms with Gasteiger partial charge >= 0.3 is 0 Å². The Bertz CT molecular complexity index is 741. The van der Waals surface area contributed by atoms with E-state index in [-0.39, 0.29) is 5.69 Å². The average Bonchev–Trinajstić information content (AvgIpc) is 2.45. The van der Waals surface area contributed by atoms with Crippen molar-refractivity contribution in [2.45, 2.75) is 6.54 Å². The summed E-state index contributed by atoms with van der Waals surface area (Å²) in [5.41, 5.74) is 2.20. The molecule has 0 aliphatic carbocycles. The van der Waals surface area contributed by atoms with Crippen molar-refractivity contribution in [1.29, 1.82) is 5.26 Å². The van der Waals surface area contributed by atoms with Crippen LogP contribution in [-0.4, -0.2) is 4.92 Å². The third kappa shape index (κ3) is 4.03. The first-order valence-electron chi connectivity index (χ1n) is 5.87.